The molecule has 0 aromatic heterocycles. The molecule has 0 spiro atoms. The van der Waals surface area contributed by atoms with Gasteiger partial charge in [-0.2, -0.15) is 0 Å². The van der Waals surface area contributed by atoms with Crippen molar-refractivity contribution in [3.8, 4) is 5.75 Å². The van der Waals surface area contributed by atoms with Crippen molar-refractivity contribution in [3.63, 3.8) is 0 Å². The molecule has 0 aliphatic carbocycles. The molecule has 0 N–H and O–H groups in total. The SMILES string of the molecule is Cc1ccc(C)c(N=Cc2ccc(OCc3cccc(F)c3)c(Br)c2)c1. The number of nitrogens with zero attached hydrogens (tertiary/aromatic N) is 1. The molecule has 0 aliphatic rings. The second-order valence-corrected chi connectivity index (χ2v) is 7.01. The molecular weight excluding hydrogens is 393 g/mol. The lowest BCUT2D eigenvalue weighted by Crippen LogP contribution is -1.97. The van der Waals surface area contributed by atoms with Gasteiger partial charge < -0.3 is 4.74 Å². The van der Waals surface area contributed by atoms with Crippen molar-refractivity contribution in [3.05, 3.63) is 93.2 Å². The Bertz CT molecular complexity index is 953. The molecule has 0 unspecified atom stereocenters. The van der Waals surface area contributed by atoms with Crippen molar-refractivity contribution in [1.82, 2.24) is 0 Å². The Morgan fingerprint density at radius 2 is 1.88 bits per heavy atom. The Morgan fingerprint density at radius 3 is 2.65 bits per heavy atom. The van der Waals surface area contributed by atoms with E-state index in [0.29, 0.717) is 12.4 Å². The zero-order chi connectivity index (χ0) is 18.5. The molecule has 132 valence electrons. The van der Waals surface area contributed by atoms with Crippen molar-refractivity contribution in [2.24, 2.45) is 4.99 Å². The van der Waals surface area contributed by atoms with Crippen LogP contribution in [-0.4, -0.2) is 6.21 Å². The van der Waals surface area contributed by atoms with Gasteiger partial charge >= 0.3 is 0 Å². The summed E-state index contributed by atoms with van der Waals surface area (Å²) in [6.07, 6.45) is 1.84. The smallest absolute Gasteiger partial charge is 0.134 e. The summed E-state index contributed by atoms with van der Waals surface area (Å²) in [5, 5.41) is 0. The predicted molar refractivity (Wildman–Crippen MR) is 108 cm³/mol. The minimum Gasteiger partial charge on any atom is -0.488 e. The topological polar surface area (TPSA) is 21.6 Å². The minimum atomic E-state index is -0.261. The van der Waals surface area contributed by atoms with Gasteiger partial charge in [-0.15, -0.1) is 0 Å². The number of aliphatic imine (C=N–C) groups is 1. The van der Waals surface area contributed by atoms with Gasteiger partial charge in [-0.25, -0.2) is 4.39 Å². The van der Waals surface area contributed by atoms with Gasteiger partial charge in [0.15, 0.2) is 0 Å². The Kier molecular flexibility index (Phi) is 5.84. The average molecular weight is 412 g/mol. The maximum atomic E-state index is 13.2. The van der Waals surface area contributed by atoms with Gasteiger partial charge in [-0.1, -0.05) is 24.3 Å². The van der Waals surface area contributed by atoms with E-state index in [1.54, 1.807) is 6.07 Å². The summed E-state index contributed by atoms with van der Waals surface area (Å²) in [4.78, 5) is 4.58. The van der Waals surface area contributed by atoms with Crippen LogP contribution in [0.5, 0.6) is 5.75 Å². The molecular formula is C22H19BrFNO. The first kappa shape index (κ1) is 18.3. The van der Waals surface area contributed by atoms with E-state index < -0.39 is 0 Å². The molecule has 0 amide bonds. The van der Waals surface area contributed by atoms with Crippen LogP contribution in [0, 0.1) is 19.7 Å². The molecule has 0 aliphatic heterocycles. The molecule has 0 saturated carbocycles. The van der Waals surface area contributed by atoms with Gasteiger partial charge in [0.1, 0.15) is 18.2 Å². The molecule has 4 heteroatoms. The fourth-order valence-corrected chi connectivity index (χ4v) is 3.02. The van der Waals surface area contributed by atoms with Gasteiger partial charge in [0.05, 0.1) is 10.2 Å². The van der Waals surface area contributed by atoms with Gasteiger partial charge in [0.25, 0.3) is 0 Å². The highest BCUT2D eigenvalue weighted by Gasteiger charge is 2.04. The van der Waals surface area contributed by atoms with E-state index in [2.05, 4.69) is 46.0 Å². The zero-order valence-corrected chi connectivity index (χ0v) is 16.3. The van der Waals surface area contributed by atoms with Gasteiger partial charge in [0, 0.05) is 6.21 Å². The van der Waals surface area contributed by atoms with Crippen molar-refractivity contribution in [1.29, 1.82) is 0 Å². The van der Waals surface area contributed by atoms with Crippen LogP contribution < -0.4 is 4.74 Å². The zero-order valence-electron chi connectivity index (χ0n) is 14.7. The van der Waals surface area contributed by atoms with Crippen LogP contribution in [0.15, 0.2) is 70.1 Å². The number of hydrogen-bond acceptors (Lipinski definition) is 2. The fraction of sp³-hybridized carbons (Fsp3) is 0.136. The number of aryl methyl sites for hydroxylation is 2. The lowest BCUT2D eigenvalue weighted by atomic mass is 10.1. The number of hydrogen-bond donors (Lipinski definition) is 0. The summed E-state index contributed by atoms with van der Waals surface area (Å²) in [7, 11) is 0. The number of ether oxygens (including phenoxy) is 1. The third-order valence-electron chi connectivity index (χ3n) is 3.96. The second-order valence-electron chi connectivity index (χ2n) is 6.16. The third kappa shape index (κ3) is 4.79. The summed E-state index contributed by atoms with van der Waals surface area (Å²) in [6.45, 7) is 4.41. The summed E-state index contributed by atoms with van der Waals surface area (Å²) >= 11 is 3.53. The average Bonchev–Trinajstić information content (AvgIpc) is 2.62. The lowest BCUT2D eigenvalue weighted by Gasteiger charge is -2.09. The summed E-state index contributed by atoms with van der Waals surface area (Å²) in [5.74, 6) is 0.446. The third-order valence-corrected chi connectivity index (χ3v) is 4.58. The predicted octanol–water partition coefficient (Wildman–Crippen LogP) is 6.53. The number of benzene rings is 3. The van der Waals surface area contributed by atoms with E-state index in [0.717, 1.165) is 26.9 Å². The first-order valence-electron chi connectivity index (χ1n) is 8.29. The maximum absolute atomic E-state index is 13.2. The largest absolute Gasteiger partial charge is 0.488 e. The van der Waals surface area contributed by atoms with E-state index in [1.807, 2.05) is 37.4 Å². The molecule has 0 bridgehead atoms. The molecule has 3 rings (SSSR count). The van der Waals surface area contributed by atoms with E-state index in [1.165, 1.54) is 17.7 Å². The van der Waals surface area contributed by atoms with Gasteiger partial charge in [-0.05, 0) is 88.4 Å². The van der Waals surface area contributed by atoms with E-state index in [-0.39, 0.29) is 5.82 Å². The lowest BCUT2D eigenvalue weighted by molar-refractivity contribution is 0.303. The van der Waals surface area contributed by atoms with Crippen molar-refractivity contribution in [2.75, 3.05) is 0 Å². The van der Waals surface area contributed by atoms with Crippen LogP contribution in [0.3, 0.4) is 0 Å². The molecule has 0 atom stereocenters. The first-order valence-corrected chi connectivity index (χ1v) is 9.09. The van der Waals surface area contributed by atoms with E-state index in [9.17, 15) is 4.39 Å². The van der Waals surface area contributed by atoms with Crippen LogP contribution in [0.4, 0.5) is 10.1 Å². The Hall–Kier alpha value is -2.46. The number of halogens is 2. The van der Waals surface area contributed by atoms with Crippen LogP contribution >= 0.6 is 15.9 Å². The molecule has 0 saturated heterocycles. The van der Waals surface area contributed by atoms with Crippen molar-refractivity contribution >= 4 is 27.8 Å². The molecule has 0 radical (unpaired) electrons. The normalized spacial score (nSPS) is 11.1. The summed E-state index contributed by atoms with van der Waals surface area (Å²) in [6, 6.07) is 18.4. The molecule has 2 nitrogen and oxygen atoms in total. The van der Waals surface area contributed by atoms with Crippen LogP contribution in [-0.2, 0) is 6.61 Å². The molecule has 26 heavy (non-hydrogen) atoms. The fourth-order valence-electron chi connectivity index (χ4n) is 2.50. The Balaban J connectivity index is 1.71. The Morgan fingerprint density at radius 1 is 1.04 bits per heavy atom. The Labute approximate surface area is 161 Å². The van der Waals surface area contributed by atoms with Gasteiger partial charge in [0.2, 0.25) is 0 Å². The minimum absolute atomic E-state index is 0.261. The van der Waals surface area contributed by atoms with Crippen LogP contribution in [0.1, 0.15) is 22.3 Å². The van der Waals surface area contributed by atoms with Crippen LogP contribution in [0.25, 0.3) is 0 Å². The molecule has 3 aromatic carbocycles. The second kappa shape index (κ2) is 8.28. The molecule has 0 fully saturated rings. The van der Waals surface area contributed by atoms with Crippen molar-refractivity contribution in [2.45, 2.75) is 20.5 Å². The standard InChI is InChI=1S/C22H19BrFNO/c1-15-6-7-16(2)21(10-15)25-13-17-8-9-22(20(23)12-17)26-14-18-4-3-5-19(24)11-18/h3-13H,14H2,1-2H3. The summed E-state index contributed by atoms with van der Waals surface area (Å²) < 4.78 is 19.8. The highest BCUT2D eigenvalue weighted by atomic mass is 79.9. The van der Waals surface area contributed by atoms with Gasteiger partial charge in [-0.3, -0.25) is 4.99 Å². The van der Waals surface area contributed by atoms with Crippen LogP contribution in [0.2, 0.25) is 0 Å². The van der Waals surface area contributed by atoms with E-state index >= 15 is 0 Å². The molecule has 3 aromatic rings. The van der Waals surface area contributed by atoms with Crippen molar-refractivity contribution < 1.29 is 9.13 Å². The van der Waals surface area contributed by atoms with E-state index in [4.69, 9.17) is 4.74 Å². The highest BCUT2D eigenvalue weighted by molar-refractivity contribution is 9.10. The summed E-state index contributed by atoms with van der Waals surface area (Å²) in [5.41, 5.74) is 5.05. The maximum Gasteiger partial charge on any atom is 0.134 e. The number of rotatable bonds is 5. The monoisotopic (exact) mass is 411 g/mol. The first-order chi connectivity index (χ1) is 12.5. The molecule has 0 heterocycles. The highest BCUT2D eigenvalue weighted by Crippen LogP contribution is 2.27. The quantitative estimate of drug-likeness (QED) is 0.437.